The Morgan fingerprint density at radius 1 is 0.621 bits per heavy atom. The summed E-state index contributed by atoms with van der Waals surface area (Å²) in [6.45, 7) is 4.58. The minimum absolute atomic E-state index is 0.961. The molecule has 0 atom stereocenters. The Labute approximate surface area is 179 Å². The largest absolute Gasteiger partial charge is 0.0654 e. The lowest BCUT2D eigenvalue weighted by atomic mass is 9.78. The second kappa shape index (κ2) is 12.0. The fourth-order valence-corrected chi connectivity index (χ4v) is 4.75. The van der Waals surface area contributed by atoms with Crippen molar-refractivity contribution in [2.75, 3.05) is 0 Å². The normalized spacial score (nSPS) is 19.7. The van der Waals surface area contributed by atoms with Crippen LogP contribution in [0.1, 0.15) is 93.9 Å². The van der Waals surface area contributed by atoms with Crippen LogP contribution < -0.4 is 0 Å². The smallest absolute Gasteiger partial charge is 0.0256 e. The highest BCUT2D eigenvalue weighted by molar-refractivity contribution is 5.69. The molecule has 0 aliphatic heterocycles. The van der Waals surface area contributed by atoms with Crippen LogP contribution >= 0.6 is 0 Å². The zero-order valence-corrected chi connectivity index (χ0v) is 18.7. The van der Waals surface area contributed by atoms with Gasteiger partial charge in [-0.25, -0.2) is 0 Å². The number of aryl methyl sites for hydroxylation is 2. The summed E-state index contributed by atoms with van der Waals surface area (Å²) in [6.07, 6.45) is 19.5. The minimum atomic E-state index is 0.961. The predicted molar refractivity (Wildman–Crippen MR) is 129 cm³/mol. The van der Waals surface area contributed by atoms with Gasteiger partial charge in [0.05, 0.1) is 0 Å². The average Bonchev–Trinajstić information content (AvgIpc) is 2.77. The molecule has 0 heteroatoms. The minimum Gasteiger partial charge on any atom is -0.0654 e. The molecule has 0 heterocycles. The van der Waals surface area contributed by atoms with Gasteiger partial charge < -0.3 is 0 Å². The quantitative estimate of drug-likeness (QED) is 0.357. The fourth-order valence-electron chi connectivity index (χ4n) is 4.75. The molecule has 0 spiro atoms. The lowest BCUT2D eigenvalue weighted by Gasteiger charge is -2.28. The first-order valence-electron chi connectivity index (χ1n) is 12.1. The molecule has 0 saturated heterocycles. The second-order valence-electron chi connectivity index (χ2n) is 9.13. The Bertz CT molecular complexity index is 712. The number of benzene rings is 2. The molecule has 1 aliphatic rings. The molecule has 0 amide bonds. The maximum absolute atomic E-state index is 2.33. The van der Waals surface area contributed by atoms with Gasteiger partial charge in [-0.15, -0.1) is 0 Å². The highest BCUT2D eigenvalue weighted by Gasteiger charge is 2.20. The van der Waals surface area contributed by atoms with Crippen molar-refractivity contribution in [1.29, 1.82) is 0 Å². The second-order valence-corrected chi connectivity index (χ2v) is 9.13. The van der Waals surface area contributed by atoms with Crippen LogP contribution in [0.2, 0.25) is 0 Å². The molecule has 0 aromatic heterocycles. The first-order chi connectivity index (χ1) is 14.3. The molecule has 0 unspecified atom stereocenters. The van der Waals surface area contributed by atoms with Gasteiger partial charge in [0.1, 0.15) is 0 Å². The molecule has 29 heavy (non-hydrogen) atoms. The molecule has 3 rings (SSSR count). The summed E-state index contributed by atoms with van der Waals surface area (Å²) in [4.78, 5) is 0. The van der Waals surface area contributed by atoms with Crippen LogP contribution in [-0.4, -0.2) is 0 Å². The molecule has 1 fully saturated rings. The third-order valence-electron chi connectivity index (χ3n) is 6.75. The zero-order valence-electron chi connectivity index (χ0n) is 18.7. The van der Waals surface area contributed by atoms with Gasteiger partial charge in [-0.05, 0) is 59.8 Å². The van der Waals surface area contributed by atoms with Gasteiger partial charge in [0, 0.05) is 0 Å². The van der Waals surface area contributed by atoms with E-state index in [0.29, 0.717) is 0 Å². The molecule has 1 aliphatic carbocycles. The van der Waals surface area contributed by atoms with Crippen molar-refractivity contribution in [3.8, 4) is 0 Å². The first-order valence-corrected chi connectivity index (χ1v) is 12.1. The van der Waals surface area contributed by atoms with E-state index in [9.17, 15) is 0 Å². The lowest BCUT2D eigenvalue weighted by Crippen LogP contribution is -2.15. The van der Waals surface area contributed by atoms with Crippen LogP contribution in [0.3, 0.4) is 0 Å². The third-order valence-corrected chi connectivity index (χ3v) is 6.75. The van der Waals surface area contributed by atoms with Gasteiger partial charge in [0.2, 0.25) is 0 Å². The van der Waals surface area contributed by atoms with Crippen LogP contribution in [0.5, 0.6) is 0 Å². The van der Waals surface area contributed by atoms with Gasteiger partial charge in [0.15, 0.2) is 0 Å². The Balaban J connectivity index is 1.43. The van der Waals surface area contributed by atoms with Crippen molar-refractivity contribution in [2.24, 2.45) is 11.8 Å². The van der Waals surface area contributed by atoms with Gasteiger partial charge in [-0.1, -0.05) is 119 Å². The summed E-state index contributed by atoms with van der Waals surface area (Å²) in [7, 11) is 0. The van der Waals surface area contributed by atoms with Gasteiger partial charge in [-0.3, -0.25) is 0 Å². The molecule has 0 bridgehead atoms. The summed E-state index contributed by atoms with van der Waals surface area (Å²) >= 11 is 0. The van der Waals surface area contributed by atoms with E-state index in [1.807, 2.05) is 0 Å². The highest BCUT2D eigenvalue weighted by Crippen LogP contribution is 2.33. The van der Waals surface area contributed by atoms with E-state index in [2.05, 4.69) is 74.5 Å². The average molecular weight is 389 g/mol. The van der Waals surface area contributed by atoms with E-state index in [1.54, 1.807) is 0 Å². The molecular weight excluding hydrogens is 348 g/mol. The first kappa shape index (κ1) is 21.9. The van der Waals surface area contributed by atoms with E-state index in [1.165, 1.54) is 92.9 Å². The lowest BCUT2D eigenvalue weighted by molar-refractivity contribution is 0.252. The number of hydrogen-bond donors (Lipinski definition) is 0. The van der Waals surface area contributed by atoms with Crippen molar-refractivity contribution >= 4 is 12.2 Å². The molecular formula is C29H40. The SMILES string of the molecule is CCCCc1ccc(C=Cc2ccc(CCC3CCC(CCC)CC3)cc2)cc1. The zero-order chi connectivity index (χ0) is 20.3. The van der Waals surface area contributed by atoms with E-state index >= 15 is 0 Å². The van der Waals surface area contributed by atoms with E-state index in [4.69, 9.17) is 0 Å². The summed E-state index contributed by atoms with van der Waals surface area (Å²) < 4.78 is 0. The highest BCUT2D eigenvalue weighted by atomic mass is 14.3. The summed E-state index contributed by atoms with van der Waals surface area (Å²) in [5.74, 6) is 1.98. The van der Waals surface area contributed by atoms with Crippen LogP contribution in [-0.2, 0) is 12.8 Å². The molecule has 0 nitrogen and oxygen atoms in total. The van der Waals surface area contributed by atoms with Crippen molar-refractivity contribution in [3.05, 3.63) is 70.8 Å². The predicted octanol–water partition coefficient (Wildman–Crippen LogP) is 8.74. The van der Waals surface area contributed by atoms with Gasteiger partial charge >= 0.3 is 0 Å². The molecule has 2 aromatic carbocycles. The Kier molecular flexibility index (Phi) is 9.06. The summed E-state index contributed by atoms with van der Waals surface area (Å²) in [5.41, 5.74) is 5.53. The standard InChI is InChI=1S/C29H40/c1-3-5-7-25-10-14-27(15-11-25)17-19-29-22-20-28(21-23-29)18-16-26-12-8-24(6-4-2)9-13-26/h10-11,14-15,17,19-24,26H,3-9,12-13,16,18H2,1-2H3. The number of unbranched alkanes of at least 4 members (excludes halogenated alkanes) is 1. The molecule has 1 saturated carbocycles. The Morgan fingerprint density at radius 3 is 1.59 bits per heavy atom. The fraction of sp³-hybridized carbons (Fsp3) is 0.517. The topological polar surface area (TPSA) is 0 Å². The number of rotatable bonds is 10. The summed E-state index contributed by atoms with van der Waals surface area (Å²) in [5, 5.41) is 0. The van der Waals surface area contributed by atoms with Crippen molar-refractivity contribution in [2.45, 2.75) is 84.5 Å². The van der Waals surface area contributed by atoms with Crippen molar-refractivity contribution in [3.63, 3.8) is 0 Å². The van der Waals surface area contributed by atoms with Crippen molar-refractivity contribution < 1.29 is 0 Å². The van der Waals surface area contributed by atoms with Crippen LogP contribution in [0.25, 0.3) is 12.2 Å². The van der Waals surface area contributed by atoms with Crippen LogP contribution in [0.4, 0.5) is 0 Å². The van der Waals surface area contributed by atoms with Crippen LogP contribution in [0, 0.1) is 11.8 Å². The Hall–Kier alpha value is -1.82. The monoisotopic (exact) mass is 388 g/mol. The van der Waals surface area contributed by atoms with E-state index in [-0.39, 0.29) is 0 Å². The summed E-state index contributed by atoms with van der Waals surface area (Å²) in [6, 6.07) is 18.2. The van der Waals surface area contributed by atoms with Gasteiger partial charge in [-0.2, -0.15) is 0 Å². The Morgan fingerprint density at radius 2 is 1.10 bits per heavy atom. The van der Waals surface area contributed by atoms with Crippen molar-refractivity contribution in [1.82, 2.24) is 0 Å². The van der Waals surface area contributed by atoms with E-state index in [0.717, 1.165) is 11.8 Å². The molecule has 2 aromatic rings. The molecule has 156 valence electrons. The molecule has 0 radical (unpaired) electrons. The maximum atomic E-state index is 2.33. The third kappa shape index (κ3) is 7.50. The van der Waals surface area contributed by atoms with Crippen LogP contribution in [0.15, 0.2) is 48.5 Å². The number of hydrogen-bond acceptors (Lipinski definition) is 0. The van der Waals surface area contributed by atoms with E-state index < -0.39 is 0 Å². The maximum Gasteiger partial charge on any atom is -0.0256 e. The molecule has 0 N–H and O–H groups in total. The van der Waals surface area contributed by atoms with Gasteiger partial charge in [0.25, 0.3) is 0 Å².